The monoisotopic (exact) mass is 595 g/mol. The van der Waals surface area contributed by atoms with Crippen molar-refractivity contribution in [3.63, 3.8) is 0 Å². The van der Waals surface area contributed by atoms with Gasteiger partial charge in [0.2, 0.25) is 17.7 Å². The summed E-state index contributed by atoms with van der Waals surface area (Å²) in [7, 11) is 0. The number of aryl methyl sites for hydroxylation is 2. The van der Waals surface area contributed by atoms with E-state index in [1.54, 1.807) is 0 Å². The molecular weight excluding hydrogens is 554 g/mol. The number of fused-ring (bicyclic) bond motifs is 5. The van der Waals surface area contributed by atoms with Gasteiger partial charge in [-0.15, -0.1) is 0 Å². The van der Waals surface area contributed by atoms with Crippen molar-refractivity contribution in [2.75, 3.05) is 11.3 Å². The van der Waals surface area contributed by atoms with Crippen LogP contribution in [0, 0.1) is 25.2 Å². The van der Waals surface area contributed by atoms with Crippen molar-refractivity contribution in [1.29, 1.82) is 0 Å². The molecule has 4 heterocycles. The second-order valence-corrected chi connectivity index (χ2v) is 13.5. The van der Waals surface area contributed by atoms with Gasteiger partial charge in [0.05, 0.1) is 24.2 Å². The van der Waals surface area contributed by atoms with Gasteiger partial charge < -0.3 is 9.47 Å². The molecule has 224 valence electrons. The number of benzene rings is 2. The fourth-order valence-electron chi connectivity index (χ4n) is 6.44. The lowest BCUT2D eigenvalue weighted by atomic mass is 9.77. The van der Waals surface area contributed by atoms with E-state index in [0.29, 0.717) is 29.7 Å². The van der Waals surface area contributed by atoms with Crippen molar-refractivity contribution in [2.45, 2.75) is 84.1 Å². The van der Waals surface area contributed by atoms with Crippen molar-refractivity contribution in [3.8, 4) is 23.0 Å². The molecule has 0 saturated heterocycles. The van der Waals surface area contributed by atoms with Gasteiger partial charge in [0, 0.05) is 28.9 Å². The van der Waals surface area contributed by atoms with E-state index in [4.69, 9.17) is 24.4 Å². The molecular formula is C35H41N5O2S. The zero-order valence-electron chi connectivity index (χ0n) is 24.7. The van der Waals surface area contributed by atoms with Crippen LogP contribution in [-0.2, 0) is 12.8 Å². The molecule has 1 fully saturated rings. The minimum absolute atomic E-state index is 0. The standard InChI is InChI=1S/C34H37N5O2S.CH4/c1-20-7-5-8-21(2)31(20)28-16-30-38-33(37-28)39-42-26-10-6-9-23(14-26)27(24(19-40-30)17-34(4)11-12-34)15-25-18-35-32-29(36-25)13-22(3)41-32;/h5-10,14,16,18,22,24,27H,11-13,15,17,19H2,1-4H3,(H,37,38,39);1H4. The van der Waals surface area contributed by atoms with Gasteiger partial charge in [-0.3, -0.25) is 9.71 Å². The lowest BCUT2D eigenvalue weighted by molar-refractivity contribution is 0.185. The molecule has 0 amide bonds. The second-order valence-electron chi connectivity index (χ2n) is 12.6. The summed E-state index contributed by atoms with van der Waals surface area (Å²) in [6.07, 6.45) is 7.24. The Morgan fingerprint density at radius 3 is 2.60 bits per heavy atom. The summed E-state index contributed by atoms with van der Waals surface area (Å²) in [6, 6.07) is 17.2. The van der Waals surface area contributed by atoms with Crippen molar-refractivity contribution in [3.05, 3.63) is 82.8 Å². The molecule has 2 aliphatic heterocycles. The zero-order chi connectivity index (χ0) is 28.8. The van der Waals surface area contributed by atoms with Crippen molar-refractivity contribution >= 4 is 17.9 Å². The number of nitrogens with one attached hydrogen (secondary N) is 1. The van der Waals surface area contributed by atoms with E-state index < -0.39 is 0 Å². The van der Waals surface area contributed by atoms with E-state index >= 15 is 0 Å². The van der Waals surface area contributed by atoms with Gasteiger partial charge >= 0.3 is 0 Å². The highest BCUT2D eigenvalue weighted by Crippen LogP contribution is 2.52. The summed E-state index contributed by atoms with van der Waals surface area (Å²) in [5.41, 5.74) is 7.99. The third-order valence-corrected chi connectivity index (χ3v) is 9.71. The normalized spacial score (nSPS) is 21.5. The summed E-state index contributed by atoms with van der Waals surface area (Å²) in [5, 5.41) is 0. The minimum atomic E-state index is 0. The minimum Gasteiger partial charge on any atom is -0.477 e. The molecule has 1 saturated carbocycles. The van der Waals surface area contributed by atoms with Gasteiger partial charge in [0.1, 0.15) is 11.8 Å². The summed E-state index contributed by atoms with van der Waals surface area (Å²) < 4.78 is 15.9. The van der Waals surface area contributed by atoms with Gasteiger partial charge in [0.15, 0.2) is 0 Å². The van der Waals surface area contributed by atoms with E-state index in [2.05, 4.69) is 79.9 Å². The molecule has 2 aromatic carbocycles. The Bertz CT molecular complexity index is 1620. The Kier molecular flexibility index (Phi) is 8.07. The Hall–Kier alpha value is -3.65. The van der Waals surface area contributed by atoms with E-state index in [1.165, 1.54) is 41.5 Å². The van der Waals surface area contributed by atoms with Gasteiger partial charge in [-0.25, -0.2) is 9.97 Å². The molecule has 0 radical (unpaired) electrons. The fraction of sp³-hybridized carbons (Fsp3) is 0.429. The van der Waals surface area contributed by atoms with Crippen LogP contribution in [0.1, 0.15) is 74.5 Å². The Labute approximate surface area is 259 Å². The van der Waals surface area contributed by atoms with E-state index in [-0.39, 0.29) is 25.4 Å². The van der Waals surface area contributed by atoms with Crippen molar-refractivity contribution < 1.29 is 9.47 Å². The number of anilines is 1. The average Bonchev–Trinajstić information content (AvgIpc) is 3.58. The number of hydrogen-bond acceptors (Lipinski definition) is 8. The van der Waals surface area contributed by atoms with E-state index in [0.717, 1.165) is 46.8 Å². The quantitative estimate of drug-likeness (QED) is 0.232. The molecule has 43 heavy (non-hydrogen) atoms. The Morgan fingerprint density at radius 2 is 1.81 bits per heavy atom. The van der Waals surface area contributed by atoms with Gasteiger partial charge in [-0.2, -0.15) is 4.98 Å². The average molecular weight is 596 g/mol. The molecule has 4 bridgehead atoms. The fourth-order valence-corrected chi connectivity index (χ4v) is 7.08. The maximum atomic E-state index is 6.62. The van der Waals surface area contributed by atoms with Crippen LogP contribution in [-0.4, -0.2) is 32.6 Å². The highest BCUT2D eigenvalue weighted by molar-refractivity contribution is 8.00. The van der Waals surface area contributed by atoms with Crippen molar-refractivity contribution in [2.24, 2.45) is 11.3 Å². The van der Waals surface area contributed by atoms with Gasteiger partial charge in [-0.05, 0) is 98.6 Å². The number of hydrogen-bond donors (Lipinski definition) is 1. The first kappa shape index (κ1) is 29.4. The third kappa shape index (κ3) is 6.35. The summed E-state index contributed by atoms with van der Waals surface area (Å²) in [5.74, 6) is 2.32. The Morgan fingerprint density at radius 1 is 1.02 bits per heavy atom. The van der Waals surface area contributed by atoms with Crippen LogP contribution in [0.2, 0.25) is 0 Å². The van der Waals surface area contributed by atoms with Crippen LogP contribution in [0.4, 0.5) is 5.95 Å². The molecule has 7 nitrogen and oxygen atoms in total. The molecule has 4 aromatic rings. The van der Waals surface area contributed by atoms with Crippen LogP contribution < -0.4 is 14.2 Å². The van der Waals surface area contributed by atoms with Crippen molar-refractivity contribution in [1.82, 2.24) is 19.9 Å². The third-order valence-electron chi connectivity index (χ3n) is 8.94. The number of rotatable bonds is 5. The highest BCUT2D eigenvalue weighted by Gasteiger charge is 2.42. The smallest absolute Gasteiger partial charge is 0.237 e. The van der Waals surface area contributed by atoms with E-state index in [1.807, 2.05) is 12.3 Å². The largest absolute Gasteiger partial charge is 0.477 e. The number of ether oxygens (including phenoxy) is 2. The number of nitrogens with zero attached hydrogens (tertiary/aromatic N) is 4. The van der Waals surface area contributed by atoms with Crippen LogP contribution in [0.5, 0.6) is 11.8 Å². The summed E-state index contributed by atoms with van der Waals surface area (Å²) >= 11 is 1.54. The Balaban J connectivity index is 0.00000329. The molecule has 2 aromatic heterocycles. The number of aromatic nitrogens is 4. The molecule has 8 heteroatoms. The van der Waals surface area contributed by atoms with Crippen LogP contribution in [0.3, 0.4) is 0 Å². The lowest BCUT2D eigenvalue weighted by Gasteiger charge is -2.30. The SMILES string of the molecule is C.Cc1cccc(C)c1-c1cc2nc(n1)NSc1cccc(c1)C(Cc1cnc3c(n1)CC(C)O3)C(CC1(C)CC1)CO2. The lowest BCUT2D eigenvalue weighted by Crippen LogP contribution is -2.26. The molecule has 3 atom stereocenters. The molecule has 3 unspecified atom stereocenters. The van der Waals surface area contributed by atoms with E-state index in [9.17, 15) is 0 Å². The van der Waals surface area contributed by atoms with Crippen LogP contribution in [0.15, 0.2) is 59.6 Å². The topological polar surface area (TPSA) is 82.1 Å². The van der Waals surface area contributed by atoms with Crippen LogP contribution in [0.25, 0.3) is 11.3 Å². The molecule has 1 aliphatic carbocycles. The molecule has 0 spiro atoms. The zero-order valence-corrected chi connectivity index (χ0v) is 25.5. The predicted octanol–water partition coefficient (Wildman–Crippen LogP) is 8.15. The van der Waals surface area contributed by atoms with Crippen LogP contribution >= 0.6 is 11.9 Å². The second kappa shape index (κ2) is 11.8. The summed E-state index contributed by atoms with van der Waals surface area (Å²) in [4.78, 5) is 20.5. The maximum Gasteiger partial charge on any atom is 0.237 e. The van der Waals surface area contributed by atoms with Gasteiger partial charge in [0.25, 0.3) is 0 Å². The first-order valence-corrected chi connectivity index (χ1v) is 15.8. The first-order chi connectivity index (χ1) is 20.3. The molecule has 3 aliphatic rings. The molecule has 7 rings (SSSR count). The van der Waals surface area contributed by atoms with Gasteiger partial charge in [-0.1, -0.05) is 44.7 Å². The first-order valence-electron chi connectivity index (χ1n) is 14.9. The highest BCUT2D eigenvalue weighted by atomic mass is 32.2. The predicted molar refractivity (Wildman–Crippen MR) is 173 cm³/mol. The maximum absolute atomic E-state index is 6.62. The molecule has 1 N–H and O–H groups in total. The summed E-state index contributed by atoms with van der Waals surface area (Å²) in [6.45, 7) is 9.30.